The number of hydrogen-bond acceptors (Lipinski definition) is 6. The fourth-order valence-corrected chi connectivity index (χ4v) is 4.24. The summed E-state index contributed by atoms with van der Waals surface area (Å²) in [6.07, 6.45) is 7.83. The molecular weight excluding hydrogens is 334 g/mol. The van der Waals surface area contributed by atoms with E-state index < -0.39 is 0 Å². The number of methoxy groups -OCH3 is 1. The number of ether oxygens (including phenoxy) is 1. The Labute approximate surface area is 151 Å². The molecule has 7 heteroatoms. The molecule has 3 aromatic rings. The van der Waals surface area contributed by atoms with E-state index in [-0.39, 0.29) is 0 Å². The van der Waals surface area contributed by atoms with Crippen molar-refractivity contribution in [3.8, 4) is 5.88 Å². The molecule has 6 nitrogen and oxygen atoms in total. The van der Waals surface area contributed by atoms with Crippen molar-refractivity contribution in [2.24, 2.45) is 5.92 Å². The van der Waals surface area contributed by atoms with Gasteiger partial charge in [-0.25, -0.2) is 15.0 Å². The largest absolute Gasteiger partial charge is 0.481 e. The third-order valence-corrected chi connectivity index (χ3v) is 6.04. The molecule has 3 heterocycles. The highest BCUT2D eigenvalue weighted by Gasteiger charge is 2.33. The van der Waals surface area contributed by atoms with Crippen molar-refractivity contribution in [1.82, 2.24) is 19.9 Å². The standard InChI is InChI=1S/C18H21N5OS/c1-23(18-15-5-6-19-17(15)21-11-22-18)13-7-12(8-13)10-25-14-3-4-16(24-2)20-9-14/h3-6,9,11-13H,7-8,10H2,1-2H3,(H,19,21,22)/t12-,13+. The molecule has 1 fully saturated rings. The molecule has 0 radical (unpaired) electrons. The zero-order valence-electron chi connectivity index (χ0n) is 14.3. The molecule has 1 N–H and O–H groups in total. The summed E-state index contributed by atoms with van der Waals surface area (Å²) >= 11 is 1.87. The molecule has 0 aromatic carbocycles. The van der Waals surface area contributed by atoms with E-state index in [2.05, 4.69) is 37.9 Å². The van der Waals surface area contributed by atoms with Crippen LogP contribution in [0.25, 0.3) is 11.0 Å². The van der Waals surface area contributed by atoms with Crippen molar-refractivity contribution in [3.05, 3.63) is 36.9 Å². The third-order valence-electron chi connectivity index (χ3n) is 4.83. The van der Waals surface area contributed by atoms with Crippen LogP contribution in [0.15, 0.2) is 41.8 Å². The minimum atomic E-state index is 0.549. The van der Waals surface area contributed by atoms with Crippen LogP contribution in [0.1, 0.15) is 12.8 Å². The van der Waals surface area contributed by atoms with Gasteiger partial charge in [0.15, 0.2) is 0 Å². The second-order valence-electron chi connectivity index (χ2n) is 6.39. The van der Waals surface area contributed by atoms with Gasteiger partial charge in [-0.2, -0.15) is 0 Å². The van der Waals surface area contributed by atoms with Gasteiger partial charge in [0, 0.05) is 42.2 Å². The number of thioether (sulfide) groups is 1. The van der Waals surface area contributed by atoms with Crippen LogP contribution in [0.2, 0.25) is 0 Å². The van der Waals surface area contributed by atoms with E-state index >= 15 is 0 Å². The number of nitrogens with one attached hydrogen (secondary N) is 1. The van der Waals surface area contributed by atoms with Crippen LogP contribution < -0.4 is 9.64 Å². The SMILES string of the molecule is COc1ccc(SC[C@H]2C[C@@H](N(C)c3ncnc4[nH]ccc34)C2)cn1. The minimum absolute atomic E-state index is 0.549. The number of rotatable bonds is 6. The number of aromatic amines is 1. The molecule has 0 spiro atoms. The van der Waals surface area contributed by atoms with Gasteiger partial charge in [0.1, 0.15) is 17.8 Å². The molecule has 4 rings (SSSR count). The van der Waals surface area contributed by atoms with Crippen LogP contribution in [-0.2, 0) is 0 Å². The van der Waals surface area contributed by atoms with Gasteiger partial charge < -0.3 is 14.6 Å². The van der Waals surface area contributed by atoms with Crippen LogP contribution in [0.3, 0.4) is 0 Å². The number of fused-ring (bicyclic) bond motifs is 1. The van der Waals surface area contributed by atoms with Crippen LogP contribution in [0.5, 0.6) is 5.88 Å². The Hall–Kier alpha value is -2.28. The predicted octanol–water partition coefficient (Wildman–Crippen LogP) is 3.37. The van der Waals surface area contributed by atoms with E-state index in [0.29, 0.717) is 11.9 Å². The van der Waals surface area contributed by atoms with Crippen LogP contribution in [0.4, 0.5) is 5.82 Å². The summed E-state index contributed by atoms with van der Waals surface area (Å²) in [5.41, 5.74) is 0.898. The van der Waals surface area contributed by atoms with Crippen molar-refractivity contribution in [3.63, 3.8) is 0 Å². The number of nitrogens with zero attached hydrogens (tertiary/aromatic N) is 4. The van der Waals surface area contributed by atoms with Crippen LogP contribution >= 0.6 is 11.8 Å². The lowest BCUT2D eigenvalue weighted by Gasteiger charge is -2.41. The van der Waals surface area contributed by atoms with Gasteiger partial charge >= 0.3 is 0 Å². The zero-order valence-corrected chi connectivity index (χ0v) is 15.2. The normalized spacial score (nSPS) is 19.6. The number of aromatic nitrogens is 4. The van der Waals surface area contributed by atoms with Gasteiger partial charge in [0.2, 0.25) is 5.88 Å². The number of hydrogen-bond donors (Lipinski definition) is 1. The van der Waals surface area contributed by atoms with Gasteiger partial charge in [-0.15, -0.1) is 11.8 Å². The van der Waals surface area contributed by atoms with Crippen LogP contribution in [0, 0.1) is 5.92 Å². The molecule has 0 amide bonds. The second kappa shape index (κ2) is 6.92. The lowest BCUT2D eigenvalue weighted by Crippen LogP contribution is -2.43. The predicted molar refractivity (Wildman–Crippen MR) is 100 cm³/mol. The Morgan fingerprint density at radius 2 is 2.12 bits per heavy atom. The molecule has 130 valence electrons. The molecule has 0 atom stereocenters. The van der Waals surface area contributed by atoms with Crippen molar-refractivity contribution in [2.75, 3.05) is 24.8 Å². The Balaban J connectivity index is 1.31. The first kappa shape index (κ1) is 16.2. The first-order valence-electron chi connectivity index (χ1n) is 8.38. The van der Waals surface area contributed by atoms with E-state index in [1.165, 1.54) is 17.7 Å². The van der Waals surface area contributed by atoms with Gasteiger partial charge in [-0.3, -0.25) is 0 Å². The van der Waals surface area contributed by atoms with E-state index in [4.69, 9.17) is 4.74 Å². The van der Waals surface area contributed by atoms with E-state index in [1.54, 1.807) is 13.4 Å². The van der Waals surface area contributed by atoms with Crippen LogP contribution in [-0.4, -0.2) is 45.9 Å². The molecule has 1 saturated carbocycles. The molecule has 25 heavy (non-hydrogen) atoms. The average Bonchev–Trinajstić information content (AvgIpc) is 3.09. The summed E-state index contributed by atoms with van der Waals surface area (Å²) in [6.45, 7) is 0. The zero-order chi connectivity index (χ0) is 17.2. The molecule has 1 aliphatic carbocycles. The fourth-order valence-electron chi connectivity index (χ4n) is 3.25. The quantitative estimate of drug-likeness (QED) is 0.684. The van der Waals surface area contributed by atoms with Gasteiger partial charge in [-0.05, 0) is 30.9 Å². The molecule has 3 aromatic heterocycles. The summed E-state index contributed by atoms with van der Waals surface area (Å²) in [5.74, 6) is 3.54. The maximum absolute atomic E-state index is 5.10. The highest BCUT2D eigenvalue weighted by molar-refractivity contribution is 7.99. The smallest absolute Gasteiger partial charge is 0.212 e. The second-order valence-corrected chi connectivity index (χ2v) is 7.48. The summed E-state index contributed by atoms with van der Waals surface area (Å²) < 4.78 is 5.10. The fraction of sp³-hybridized carbons (Fsp3) is 0.389. The van der Waals surface area contributed by atoms with E-state index in [1.807, 2.05) is 36.3 Å². The highest BCUT2D eigenvalue weighted by atomic mass is 32.2. The minimum Gasteiger partial charge on any atom is -0.481 e. The lowest BCUT2D eigenvalue weighted by atomic mass is 9.81. The summed E-state index contributed by atoms with van der Waals surface area (Å²) in [7, 11) is 3.77. The van der Waals surface area contributed by atoms with Gasteiger partial charge in [0.25, 0.3) is 0 Å². The van der Waals surface area contributed by atoms with Gasteiger partial charge in [0.05, 0.1) is 12.5 Å². The topological polar surface area (TPSA) is 66.9 Å². The summed E-state index contributed by atoms with van der Waals surface area (Å²) in [5, 5.41) is 1.09. The maximum atomic E-state index is 5.10. The Kier molecular flexibility index (Phi) is 4.48. The summed E-state index contributed by atoms with van der Waals surface area (Å²) in [6, 6.07) is 6.58. The molecular formula is C18H21N5OS. The van der Waals surface area contributed by atoms with E-state index in [9.17, 15) is 0 Å². The number of anilines is 1. The van der Waals surface area contributed by atoms with Crippen molar-refractivity contribution >= 4 is 28.6 Å². The Morgan fingerprint density at radius 1 is 1.24 bits per heavy atom. The summed E-state index contributed by atoms with van der Waals surface area (Å²) in [4.78, 5) is 19.7. The monoisotopic (exact) mass is 355 g/mol. The highest BCUT2D eigenvalue weighted by Crippen LogP contribution is 2.38. The molecule has 0 unspecified atom stereocenters. The molecule has 0 aliphatic heterocycles. The van der Waals surface area contributed by atoms with Crippen molar-refractivity contribution < 1.29 is 4.74 Å². The lowest BCUT2D eigenvalue weighted by molar-refractivity contribution is 0.286. The molecule has 0 saturated heterocycles. The Bertz CT molecular complexity index is 844. The number of pyridine rings is 1. The Morgan fingerprint density at radius 3 is 2.88 bits per heavy atom. The van der Waals surface area contributed by atoms with E-state index in [0.717, 1.165) is 28.5 Å². The van der Waals surface area contributed by atoms with Crippen molar-refractivity contribution in [1.29, 1.82) is 0 Å². The number of H-pyrrole nitrogens is 1. The maximum Gasteiger partial charge on any atom is 0.212 e. The molecule has 1 aliphatic rings. The van der Waals surface area contributed by atoms with Crippen molar-refractivity contribution in [2.45, 2.75) is 23.8 Å². The molecule has 0 bridgehead atoms. The first-order chi connectivity index (χ1) is 12.2. The third kappa shape index (κ3) is 3.28. The first-order valence-corrected chi connectivity index (χ1v) is 9.37. The average molecular weight is 355 g/mol. The van der Waals surface area contributed by atoms with Gasteiger partial charge in [-0.1, -0.05) is 0 Å².